The van der Waals surface area contributed by atoms with E-state index in [4.69, 9.17) is 4.74 Å². The van der Waals surface area contributed by atoms with Gasteiger partial charge >= 0.3 is 5.97 Å². The van der Waals surface area contributed by atoms with Crippen LogP contribution in [0.4, 0.5) is 0 Å². The van der Waals surface area contributed by atoms with Gasteiger partial charge in [-0.3, -0.25) is 4.79 Å². The fraction of sp³-hybridized carbons (Fsp3) is 0.500. The second kappa shape index (κ2) is 6.00. The van der Waals surface area contributed by atoms with Crippen molar-refractivity contribution in [3.05, 3.63) is 35.4 Å². The molecule has 1 aromatic carbocycles. The first-order valence-corrected chi connectivity index (χ1v) is 6.78. The van der Waals surface area contributed by atoms with Gasteiger partial charge in [-0.05, 0) is 56.2 Å². The summed E-state index contributed by atoms with van der Waals surface area (Å²) >= 11 is 0. The molecule has 0 aromatic heterocycles. The number of ketones is 1. The molecule has 0 heterocycles. The molecule has 1 aliphatic carbocycles. The molecule has 2 atom stereocenters. The molecule has 0 N–H and O–H groups in total. The van der Waals surface area contributed by atoms with E-state index in [1.807, 2.05) is 18.2 Å². The summed E-state index contributed by atoms with van der Waals surface area (Å²) in [6, 6.07) is 7.59. The smallest absolute Gasteiger partial charge is 0.337 e. The van der Waals surface area contributed by atoms with Crippen LogP contribution in [0, 0.1) is 11.8 Å². The van der Waals surface area contributed by atoms with Crippen molar-refractivity contribution in [1.82, 2.24) is 0 Å². The minimum atomic E-state index is -0.296. The molecule has 0 bridgehead atoms. The van der Waals surface area contributed by atoms with Crippen molar-refractivity contribution in [2.75, 3.05) is 7.11 Å². The van der Waals surface area contributed by atoms with Crippen molar-refractivity contribution in [3.8, 4) is 0 Å². The van der Waals surface area contributed by atoms with Crippen molar-refractivity contribution in [3.63, 3.8) is 0 Å². The van der Waals surface area contributed by atoms with Crippen LogP contribution >= 0.6 is 0 Å². The van der Waals surface area contributed by atoms with E-state index in [1.54, 1.807) is 13.0 Å². The number of methoxy groups -OCH3 is 1. The van der Waals surface area contributed by atoms with E-state index in [2.05, 4.69) is 0 Å². The van der Waals surface area contributed by atoms with Crippen LogP contribution in [0.5, 0.6) is 0 Å². The lowest BCUT2D eigenvalue weighted by molar-refractivity contribution is -0.120. The highest BCUT2D eigenvalue weighted by atomic mass is 16.5. The molecule has 0 spiro atoms. The normalized spacial score (nSPS) is 22.2. The van der Waals surface area contributed by atoms with Gasteiger partial charge in [-0.25, -0.2) is 4.79 Å². The summed E-state index contributed by atoms with van der Waals surface area (Å²) in [6.07, 6.45) is 4.04. The summed E-state index contributed by atoms with van der Waals surface area (Å²) in [5.74, 6) is 0.816. The first kappa shape index (κ1) is 13.8. The fourth-order valence-electron chi connectivity index (χ4n) is 2.91. The number of hydrogen-bond acceptors (Lipinski definition) is 3. The zero-order chi connectivity index (χ0) is 13.8. The minimum absolute atomic E-state index is 0.244. The number of carbonyl (C=O) groups is 2. The predicted molar refractivity (Wildman–Crippen MR) is 73.0 cm³/mol. The van der Waals surface area contributed by atoms with Gasteiger partial charge in [0.25, 0.3) is 0 Å². The second-order valence-electron chi connectivity index (χ2n) is 5.38. The Kier molecular flexibility index (Phi) is 4.35. The van der Waals surface area contributed by atoms with E-state index in [9.17, 15) is 9.59 Å². The number of rotatable bonds is 4. The van der Waals surface area contributed by atoms with Crippen molar-refractivity contribution < 1.29 is 14.3 Å². The number of benzene rings is 1. The molecule has 0 aliphatic heterocycles. The van der Waals surface area contributed by atoms with E-state index in [0.717, 1.165) is 31.2 Å². The maximum Gasteiger partial charge on any atom is 0.337 e. The third-order valence-corrected chi connectivity index (χ3v) is 3.99. The molecule has 1 aromatic rings. The van der Waals surface area contributed by atoms with Gasteiger partial charge in [0.1, 0.15) is 5.78 Å². The lowest BCUT2D eigenvalue weighted by atomic mass is 9.95. The molecule has 102 valence electrons. The monoisotopic (exact) mass is 260 g/mol. The van der Waals surface area contributed by atoms with Gasteiger partial charge in [-0.2, -0.15) is 0 Å². The van der Waals surface area contributed by atoms with Crippen LogP contribution in [0.3, 0.4) is 0 Å². The standard InChI is InChI=1S/C16H20O3/c1-11(17)14-7-6-13(9-14)8-12-4-3-5-15(10-12)16(18)19-2/h3-5,10,13-14H,6-9H2,1-2H3/t13-,14+/m0/s1. The zero-order valence-electron chi connectivity index (χ0n) is 11.5. The number of esters is 1. The predicted octanol–water partition coefficient (Wildman–Crippen LogP) is 3.02. The summed E-state index contributed by atoms with van der Waals surface area (Å²) in [6.45, 7) is 1.69. The lowest BCUT2D eigenvalue weighted by Gasteiger charge is -2.10. The zero-order valence-corrected chi connectivity index (χ0v) is 11.5. The maximum atomic E-state index is 11.5. The Morgan fingerprint density at radius 1 is 1.32 bits per heavy atom. The van der Waals surface area contributed by atoms with Gasteiger partial charge in [0.05, 0.1) is 12.7 Å². The lowest BCUT2D eigenvalue weighted by Crippen LogP contribution is -2.08. The van der Waals surface area contributed by atoms with Gasteiger partial charge in [0, 0.05) is 5.92 Å². The minimum Gasteiger partial charge on any atom is -0.465 e. The Labute approximate surface area is 114 Å². The Morgan fingerprint density at radius 3 is 2.74 bits per heavy atom. The molecule has 3 nitrogen and oxygen atoms in total. The van der Waals surface area contributed by atoms with Crippen LogP contribution in [-0.4, -0.2) is 18.9 Å². The first-order valence-electron chi connectivity index (χ1n) is 6.78. The van der Waals surface area contributed by atoms with Gasteiger partial charge in [-0.15, -0.1) is 0 Å². The highest BCUT2D eigenvalue weighted by Crippen LogP contribution is 2.33. The van der Waals surface area contributed by atoms with E-state index in [0.29, 0.717) is 17.3 Å². The number of Topliss-reactive ketones (excluding diaryl/α,β-unsaturated/α-hetero) is 1. The summed E-state index contributed by atoms with van der Waals surface area (Å²) in [5, 5.41) is 0. The van der Waals surface area contributed by atoms with E-state index in [1.165, 1.54) is 7.11 Å². The molecule has 0 radical (unpaired) electrons. The van der Waals surface area contributed by atoms with Crippen LogP contribution in [-0.2, 0) is 16.0 Å². The van der Waals surface area contributed by atoms with E-state index in [-0.39, 0.29) is 11.9 Å². The second-order valence-corrected chi connectivity index (χ2v) is 5.38. The highest BCUT2D eigenvalue weighted by molar-refractivity contribution is 5.89. The largest absolute Gasteiger partial charge is 0.465 e. The Balaban J connectivity index is 2.00. The molecule has 3 heteroatoms. The van der Waals surface area contributed by atoms with Crippen molar-refractivity contribution in [2.45, 2.75) is 32.6 Å². The molecule has 0 unspecified atom stereocenters. The van der Waals surface area contributed by atoms with Gasteiger partial charge in [0.2, 0.25) is 0 Å². The average molecular weight is 260 g/mol. The van der Waals surface area contributed by atoms with Crippen LogP contribution in [0.25, 0.3) is 0 Å². The molecule has 2 rings (SSSR count). The van der Waals surface area contributed by atoms with Gasteiger partial charge in [-0.1, -0.05) is 12.1 Å². The number of ether oxygens (including phenoxy) is 1. The van der Waals surface area contributed by atoms with Crippen molar-refractivity contribution in [2.24, 2.45) is 11.8 Å². The first-order chi connectivity index (χ1) is 9.10. The molecule has 0 amide bonds. The molecule has 19 heavy (non-hydrogen) atoms. The third-order valence-electron chi connectivity index (χ3n) is 3.99. The molecule has 1 saturated carbocycles. The van der Waals surface area contributed by atoms with E-state index >= 15 is 0 Å². The van der Waals surface area contributed by atoms with Crippen molar-refractivity contribution >= 4 is 11.8 Å². The Morgan fingerprint density at radius 2 is 2.11 bits per heavy atom. The summed E-state index contributed by atoms with van der Waals surface area (Å²) in [5.41, 5.74) is 1.75. The Hall–Kier alpha value is -1.64. The van der Waals surface area contributed by atoms with E-state index < -0.39 is 0 Å². The molecular weight excluding hydrogens is 240 g/mol. The quantitative estimate of drug-likeness (QED) is 0.782. The van der Waals surface area contributed by atoms with Crippen LogP contribution in [0.2, 0.25) is 0 Å². The van der Waals surface area contributed by atoms with Crippen molar-refractivity contribution in [1.29, 1.82) is 0 Å². The summed E-state index contributed by atoms with van der Waals surface area (Å²) < 4.78 is 4.73. The number of hydrogen-bond donors (Lipinski definition) is 0. The maximum absolute atomic E-state index is 11.5. The topological polar surface area (TPSA) is 43.4 Å². The summed E-state index contributed by atoms with van der Waals surface area (Å²) in [7, 11) is 1.39. The molecule has 1 aliphatic rings. The van der Waals surface area contributed by atoms with Crippen LogP contribution in [0.1, 0.15) is 42.1 Å². The average Bonchev–Trinajstić information content (AvgIpc) is 2.87. The third kappa shape index (κ3) is 3.43. The SMILES string of the molecule is COC(=O)c1cccc(C[C@@H]2CC[C@@H](C(C)=O)C2)c1. The highest BCUT2D eigenvalue weighted by Gasteiger charge is 2.27. The molecule has 1 fully saturated rings. The van der Waals surface area contributed by atoms with Crippen LogP contribution < -0.4 is 0 Å². The molecular formula is C16H20O3. The Bertz CT molecular complexity index is 479. The number of carbonyl (C=O) groups excluding carboxylic acids is 2. The summed E-state index contributed by atoms with van der Waals surface area (Å²) in [4.78, 5) is 22.8. The fourth-order valence-corrected chi connectivity index (χ4v) is 2.91. The van der Waals surface area contributed by atoms with Gasteiger partial charge in [0.15, 0.2) is 0 Å². The molecule has 0 saturated heterocycles. The van der Waals surface area contributed by atoms with Gasteiger partial charge < -0.3 is 4.74 Å². The van der Waals surface area contributed by atoms with Crippen LogP contribution in [0.15, 0.2) is 24.3 Å².